The molecule has 0 saturated carbocycles. The zero-order valence-corrected chi connectivity index (χ0v) is 15.9. The zero-order chi connectivity index (χ0) is 18.7. The van der Waals surface area contributed by atoms with Crippen molar-refractivity contribution in [2.45, 2.75) is 33.4 Å². The highest BCUT2D eigenvalue weighted by molar-refractivity contribution is 5.71. The highest BCUT2D eigenvalue weighted by Crippen LogP contribution is 2.29. The fraction of sp³-hybridized carbons (Fsp3) is 0.409. The molecule has 4 nitrogen and oxygen atoms in total. The first-order valence-electron chi connectivity index (χ1n) is 9.36. The number of nitrogens with zero attached hydrogens (tertiary/aromatic N) is 2. The minimum absolute atomic E-state index is 0.203. The minimum Gasteiger partial charge on any atom is -0.481 e. The Balaban J connectivity index is 1.75. The molecule has 1 aliphatic rings. The quantitative estimate of drug-likeness (QED) is 0.815. The van der Waals surface area contributed by atoms with E-state index in [1.165, 1.54) is 22.4 Å². The van der Waals surface area contributed by atoms with Crippen LogP contribution in [-0.2, 0) is 11.3 Å². The highest BCUT2D eigenvalue weighted by Gasteiger charge is 2.32. The molecule has 0 aliphatic carbocycles. The molecule has 0 radical (unpaired) electrons. The largest absolute Gasteiger partial charge is 0.481 e. The number of hydrogen-bond donors (Lipinski definition) is 1. The molecule has 1 fully saturated rings. The summed E-state index contributed by atoms with van der Waals surface area (Å²) in [6, 6.07) is 17.5. The molecule has 0 bridgehead atoms. The fourth-order valence-electron chi connectivity index (χ4n) is 3.70. The van der Waals surface area contributed by atoms with Gasteiger partial charge in [0.05, 0.1) is 12.0 Å². The molecule has 0 amide bonds. The van der Waals surface area contributed by atoms with Crippen LogP contribution in [-0.4, -0.2) is 35.6 Å². The van der Waals surface area contributed by atoms with Crippen molar-refractivity contribution in [2.75, 3.05) is 24.5 Å². The average Bonchev–Trinajstić information content (AvgIpc) is 2.60. The van der Waals surface area contributed by atoms with Crippen LogP contribution >= 0.6 is 0 Å². The van der Waals surface area contributed by atoms with E-state index in [0.717, 1.165) is 13.1 Å². The predicted octanol–water partition coefficient (Wildman–Crippen LogP) is 4.10. The Morgan fingerprint density at radius 2 is 1.92 bits per heavy atom. The number of rotatable bonds is 7. The number of anilines is 1. The van der Waals surface area contributed by atoms with Crippen LogP contribution in [0.1, 0.15) is 36.6 Å². The van der Waals surface area contributed by atoms with Crippen molar-refractivity contribution in [3.05, 3.63) is 65.2 Å². The van der Waals surface area contributed by atoms with Gasteiger partial charge in [0, 0.05) is 31.9 Å². The lowest BCUT2D eigenvalue weighted by molar-refractivity contribution is -0.147. The number of likely N-dealkylation sites (tertiary alicyclic amines) is 1. The first-order valence-corrected chi connectivity index (χ1v) is 9.36. The molecule has 138 valence electrons. The summed E-state index contributed by atoms with van der Waals surface area (Å²) in [6.07, 6.45) is 0. The third-order valence-electron chi connectivity index (χ3n) is 5.45. The van der Waals surface area contributed by atoms with Gasteiger partial charge in [0.1, 0.15) is 0 Å². The topological polar surface area (TPSA) is 43.8 Å². The summed E-state index contributed by atoms with van der Waals surface area (Å²) >= 11 is 0. The summed E-state index contributed by atoms with van der Waals surface area (Å²) in [5.41, 5.74) is 5.09. The highest BCUT2D eigenvalue weighted by atomic mass is 16.4. The summed E-state index contributed by atoms with van der Waals surface area (Å²) in [5, 5.41) is 9.05. The summed E-state index contributed by atoms with van der Waals surface area (Å²) in [4.78, 5) is 15.6. The molecule has 1 saturated heterocycles. The van der Waals surface area contributed by atoms with Crippen molar-refractivity contribution >= 4 is 11.7 Å². The van der Waals surface area contributed by atoms with E-state index in [0.29, 0.717) is 13.1 Å². The van der Waals surface area contributed by atoms with Gasteiger partial charge in [-0.3, -0.25) is 9.69 Å². The summed E-state index contributed by atoms with van der Waals surface area (Å²) in [6.45, 7) is 9.64. The number of carbonyl (C=O) groups is 1. The van der Waals surface area contributed by atoms with E-state index in [1.807, 2.05) is 6.07 Å². The van der Waals surface area contributed by atoms with Crippen molar-refractivity contribution < 1.29 is 9.90 Å². The van der Waals surface area contributed by atoms with Crippen LogP contribution < -0.4 is 4.90 Å². The molecule has 1 unspecified atom stereocenters. The molecule has 4 heteroatoms. The van der Waals surface area contributed by atoms with Gasteiger partial charge in [-0.25, -0.2) is 0 Å². The lowest BCUT2D eigenvalue weighted by Crippen LogP contribution is -2.49. The fourth-order valence-corrected chi connectivity index (χ4v) is 3.70. The van der Waals surface area contributed by atoms with Gasteiger partial charge in [0.2, 0.25) is 0 Å². The molecule has 1 heterocycles. The summed E-state index contributed by atoms with van der Waals surface area (Å²) in [7, 11) is 0. The summed E-state index contributed by atoms with van der Waals surface area (Å²) < 4.78 is 0. The van der Waals surface area contributed by atoms with Crippen LogP contribution in [0.5, 0.6) is 0 Å². The molecule has 1 aliphatic heterocycles. The van der Waals surface area contributed by atoms with Gasteiger partial charge >= 0.3 is 5.97 Å². The number of aryl methyl sites for hydroxylation is 1. The van der Waals surface area contributed by atoms with E-state index in [4.69, 9.17) is 5.11 Å². The predicted molar refractivity (Wildman–Crippen MR) is 105 cm³/mol. The second-order valence-corrected chi connectivity index (χ2v) is 7.21. The van der Waals surface area contributed by atoms with Crippen LogP contribution in [0, 0.1) is 12.8 Å². The Hall–Kier alpha value is -2.33. The minimum atomic E-state index is -0.679. The standard InChI is InChI=1S/C22H28N2O2/c1-4-24(21-8-6-5-7-9-21)17(3)18-11-10-16(2)19(12-18)13-23-14-20(15-23)22(25)26/h5-12,17,20H,4,13-15H2,1-3H3,(H,25,26). The van der Waals surface area contributed by atoms with Crippen molar-refractivity contribution in [3.8, 4) is 0 Å². The van der Waals surface area contributed by atoms with E-state index < -0.39 is 5.97 Å². The van der Waals surface area contributed by atoms with Crippen LogP contribution in [0.4, 0.5) is 5.69 Å². The van der Waals surface area contributed by atoms with Gasteiger partial charge in [-0.15, -0.1) is 0 Å². The Morgan fingerprint density at radius 1 is 1.23 bits per heavy atom. The smallest absolute Gasteiger partial charge is 0.309 e. The SMILES string of the molecule is CCN(c1ccccc1)C(C)c1ccc(C)c(CN2CC(C(=O)O)C2)c1. The number of carboxylic acid groups (broad SMARTS) is 1. The number of para-hydroxylation sites is 1. The van der Waals surface area contributed by atoms with E-state index in [9.17, 15) is 4.79 Å². The third kappa shape index (κ3) is 3.91. The van der Waals surface area contributed by atoms with Gasteiger partial charge in [0.15, 0.2) is 0 Å². The average molecular weight is 352 g/mol. The first kappa shape index (κ1) is 18.5. The molecule has 26 heavy (non-hydrogen) atoms. The van der Waals surface area contributed by atoms with Gasteiger partial charge in [-0.2, -0.15) is 0 Å². The maximum Gasteiger partial charge on any atom is 0.309 e. The molecule has 0 aromatic heterocycles. The molecule has 2 aromatic carbocycles. The number of carboxylic acids is 1. The van der Waals surface area contributed by atoms with Gasteiger partial charge in [-0.1, -0.05) is 36.4 Å². The lowest BCUT2D eigenvalue weighted by Gasteiger charge is -2.37. The molecular weight excluding hydrogens is 324 g/mol. The van der Waals surface area contributed by atoms with Crippen LogP contribution in [0.3, 0.4) is 0 Å². The monoisotopic (exact) mass is 352 g/mol. The van der Waals surface area contributed by atoms with Crippen LogP contribution in [0.15, 0.2) is 48.5 Å². The number of aliphatic carboxylic acids is 1. The maximum absolute atomic E-state index is 11.0. The zero-order valence-electron chi connectivity index (χ0n) is 15.9. The van der Waals surface area contributed by atoms with Crippen LogP contribution in [0.25, 0.3) is 0 Å². The molecule has 3 rings (SSSR count). The van der Waals surface area contributed by atoms with Crippen LogP contribution in [0.2, 0.25) is 0 Å². The summed E-state index contributed by atoms with van der Waals surface area (Å²) in [5.74, 6) is -0.882. The van der Waals surface area contributed by atoms with E-state index in [2.05, 4.69) is 73.0 Å². The molecule has 1 atom stereocenters. The van der Waals surface area contributed by atoms with E-state index >= 15 is 0 Å². The number of benzene rings is 2. The van der Waals surface area contributed by atoms with E-state index in [1.54, 1.807) is 0 Å². The number of hydrogen-bond acceptors (Lipinski definition) is 3. The van der Waals surface area contributed by atoms with Crippen molar-refractivity contribution in [3.63, 3.8) is 0 Å². The Bertz CT molecular complexity index is 754. The van der Waals surface area contributed by atoms with Gasteiger partial charge < -0.3 is 10.0 Å². The Kier molecular flexibility index (Phi) is 5.62. The van der Waals surface area contributed by atoms with Crippen molar-refractivity contribution in [1.29, 1.82) is 0 Å². The molecule has 0 spiro atoms. The molecule has 2 aromatic rings. The van der Waals surface area contributed by atoms with Crippen molar-refractivity contribution in [2.24, 2.45) is 5.92 Å². The third-order valence-corrected chi connectivity index (χ3v) is 5.45. The molecule has 1 N–H and O–H groups in total. The second-order valence-electron chi connectivity index (χ2n) is 7.21. The second kappa shape index (κ2) is 7.92. The van der Waals surface area contributed by atoms with E-state index in [-0.39, 0.29) is 12.0 Å². The molecular formula is C22H28N2O2. The van der Waals surface area contributed by atoms with Gasteiger partial charge in [-0.05, 0) is 49.6 Å². The van der Waals surface area contributed by atoms with Gasteiger partial charge in [0.25, 0.3) is 0 Å². The first-order chi connectivity index (χ1) is 12.5. The van der Waals surface area contributed by atoms with Crippen molar-refractivity contribution in [1.82, 2.24) is 4.90 Å². The Morgan fingerprint density at radius 3 is 2.54 bits per heavy atom. The maximum atomic E-state index is 11.0. The normalized spacial score (nSPS) is 16.1. The lowest BCUT2D eigenvalue weighted by atomic mass is 9.96. The Labute approximate surface area is 156 Å².